The fourth-order valence-corrected chi connectivity index (χ4v) is 1.61. The average Bonchev–Trinajstić information content (AvgIpc) is 2.39. The maximum absolute atomic E-state index is 11.7. The molecule has 1 aromatic carbocycles. The van der Waals surface area contributed by atoms with E-state index in [1.54, 1.807) is 13.8 Å². The van der Waals surface area contributed by atoms with Gasteiger partial charge in [0.15, 0.2) is 0 Å². The molecule has 0 aromatic heterocycles. The van der Waals surface area contributed by atoms with Gasteiger partial charge in [0, 0.05) is 18.7 Å². The van der Waals surface area contributed by atoms with Crippen LogP contribution in [0.1, 0.15) is 19.4 Å². The van der Waals surface area contributed by atoms with Crippen LogP contribution in [-0.4, -0.2) is 29.3 Å². The highest BCUT2D eigenvalue weighted by Crippen LogP contribution is 2.12. The smallest absolute Gasteiger partial charge is 0.269 e. The molecule has 7 heteroatoms. The summed E-state index contributed by atoms with van der Waals surface area (Å²) in [5.74, 6) is -0.554. The highest BCUT2D eigenvalue weighted by molar-refractivity contribution is 5.88. The molecule has 7 nitrogen and oxygen atoms in total. The summed E-state index contributed by atoms with van der Waals surface area (Å²) in [5.41, 5.74) is 0.626. The first-order valence-electron chi connectivity index (χ1n) is 6.24. The molecule has 0 radical (unpaired) electrons. The number of nitro groups is 1. The van der Waals surface area contributed by atoms with Crippen molar-refractivity contribution in [2.45, 2.75) is 26.3 Å². The van der Waals surface area contributed by atoms with Gasteiger partial charge in [-0.05, 0) is 19.4 Å². The summed E-state index contributed by atoms with van der Waals surface area (Å²) in [6.45, 7) is 3.89. The Morgan fingerprint density at radius 2 is 1.90 bits per heavy atom. The van der Waals surface area contributed by atoms with Gasteiger partial charge in [0.25, 0.3) is 5.69 Å². The predicted molar refractivity (Wildman–Crippen MR) is 73.1 cm³/mol. The minimum absolute atomic E-state index is 0.0233. The molecule has 1 aromatic rings. The number of hydrogen-bond donors (Lipinski definition) is 2. The fourth-order valence-electron chi connectivity index (χ4n) is 1.61. The zero-order valence-corrected chi connectivity index (χ0v) is 11.4. The molecule has 0 spiro atoms. The third-order valence-corrected chi connectivity index (χ3v) is 2.63. The normalized spacial score (nSPS) is 11.5. The summed E-state index contributed by atoms with van der Waals surface area (Å²) in [7, 11) is 0. The number of nitro benzene ring substituents is 1. The van der Waals surface area contributed by atoms with Crippen molar-refractivity contribution in [3.63, 3.8) is 0 Å². The topological polar surface area (TPSA) is 101 Å². The van der Waals surface area contributed by atoms with Gasteiger partial charge in [0.05, 0.1) is 11.3 Å². The quantitative estimate of drug-likeness (QED) is 0.593. The molecular weight excluding hydrogens is 262 g/mol. The van der Waals surface area contributed by atoms with Gasteiger partial charge in [-0.2, -0.15) is 0 Å². The molecule has 1 rings (SSSR count). The molecule has 108 valence electrons. The molecule has 1 atom stereocenters. The van der Waals surface area contributed by atoms with E-state index in [-0.39, 0.29) is 23.9 Å². The molecule has 2 N–H and O–H groups in total. The number of amides is 2. The third kappa shape index (κ3) is 4.68. The molecular formula is C13H17N3O4. The van der Waals surface area contributed by atoms with Gasteiger partial charge in [-0.1, -0.05) is 12.1 Å². The molecule has 0 saturated heterocycles. The number of carbonyl (C=O) groups excluding carboxylic acids is 2. The van der Waals surface area contributed by atoms with Crippen molar-refractivity contribution < 1.29 is 14.5 Å². The van der Waals surface area contributed by atoms with Crippen molar-refractivity contribution in [1.29, 1.82) is 0 Å². The van der Waals surface area contributed by atoms with Gasteiger partial charge >= 0.3 is 0 Å². The Labute approximate surface area is 116 Å². The monoisotopic (exact) mass is 279 g/mol. The lowest BCUT2D eigenvalue weighted by Crippen LogP contribution is -2.45. The summed E-state index contributed by atoms with van der Waals surface area (Å²) < 4.78 is 0. The zero-order chi connectivity index (χ0) is 15.1. The Morgan fingerprint density at radius 1 is 1.30 bits per heavy atom. The van der Waals surface area contributed by atoms with E-state index < -0.39 is 11.0 Å². The number of carbonyl (C=O) groups is 2. The van der Waals surface area contributed by atoms with Crippen molar-refractivity contribution in [2.75, 3.05) is 6.54 Å². The van der Waals surface area contributed by atoms with E-state index in [0.29, 0.717) is 12.1 Å². The lowest BCUT2D eigenvalue weighted by molar-refractivity contribution is -0.384. The van der Waals surface area contributed by atoms with Gasteiger partial charge in [-0.25, -0.2) is 0 Å². The van der Waals surface area contributed by atoms with E-state index in [9.17, 15) is 19.7 Å². The summed E-state index contributed by atoms with van der Waals surface area (Å²) in [5, 5.41) is 15.7. The Balaban J connectivity index is 2.54. The summed E-state index contributed by atoms with van der Waals surface area (Å²) in [6.07, 6.45) is 0.0712. The predicted octanol–water partition coefficient (Wildman–Crippen LogP) is 0.778. The van der Waals surface area contributed by atoms with Crippen LogP contribution in [0, 0.1) is 10.1 Å². The molecule has 0 saturated carbocycles. The Morgan fingerprint density at radius 3 is 2.40 bits per heavy atom. The molecule has 0 aliphatic carbocycles. The Hall–Kier alpha value is -2.44. The first-order chi connectivity index (χ1) is 9.43. The van der Waals surface area contributed by atoms with E-state index in [4.69, 9.17) is 0 Å². The fraction of sp³-hybridized carbons (Fsp3) is 0.385. The molecule has 0 aliphatic rings. The standard InChI is InChI=1S/C13H17N3O4/c1-3-14-13(18)9(2)15-12(17)8-10-4-6-11(7-5-10)16(19)20/h4-7,9H,3,8H2,1-2H3,(H,14,18)(H,15,17). The van der Waals surface area contributed by atoms with Gasteiger partial charge in [-0.3, -0.25) is 19.7 Å². The van der Waals surface area contributed by atoms with Crippen LogP contribution in [0.3, 0.4) is 0 Å². The minimum Gasteiger partial charge on any atom is -0.355 e. The van der Waals surface area contributed by atoms with E-state index >= 15 is 0 Å². The molecule has 2 amide bonds. The molecule has 0 heterocycles. The van der Waals surface area contributed by atoms with E-state index in [1.165, 1.54) is 24.3 Å². The molecule has 0 bridgehead atoms. The summed E-state index contributed by atoms with van der Waals surface area (Å²) in [4.78, 5) is 33.2. The van der Waals surface area contributed by atoms with Crippen LogP contribution in [0.5, 0.6) is 0 Å². The Kier molecular flexibility index (Phi) is 5.64. The van der Waals surface area contributed by atoms with Crippen LogP contribution < -0.4 is 10.6 Å². The second-order valence-corrected chi connectivity index (χ2v) is 4.28. The van der Waals surface area contributed by atoms with E-state index in [1.807, 2.05) is 0 Å². The van der Waals surface area contributed by atoms with Crippen molar-refractivity contribution in [1.82, 2.24) is 10.6 Å². The number of hydrogen-bond acceptors (Lipinski definition) is 4. The second-order valence-electron chi connectivity index (χ2n) is 4.28. The number of likely N-dealkylation sites (N-methyl/N-ethyl adjacent to an activating group) is 1. The number of rotatable bonds is 6. The van der Waals surface area contributed by atoms with Crippen molar-refractivity contribution in [3.8, 4) is 0 Å². The van der Waals surface area contributed by atoms with Crippen LogP contribution in [-0.2, 0) is 16.0 Å². The minimum atomic E-state index is -0.611. The molecule has 0 aliphatic heterocycles. The van der Waals surface area contributed by atoms with Crippen molar-refractivity contribution >= 4 is 17.5 Å². The molecule has 0 fully saturated rings. The number of benzene rings is 1. The first-order valence-corrected chi connectivity index (χ1v) is 6.24. The third-order valence-electron chi connectivity index (χ3n) is 2.63. The van der Waals surface area contributed by atoms with Crippen LogP contribution >= 0.6 is 0 Å². The van der Waals surface area contributed by atoms with Crippen LogP contribution in [0.2, 0.25) is 0 Å². The first kappa shape index (κ1) is 15.6. The summed E-state index contributed by atoms with van der Waals surface area (Å²) in [6, 6.07) is 5.12. The SMILES string of the molecule is CCNC(=O)C(C)NC(=O)Cc1ccc([N+](=O)[O-])cc1. The lowest BCUT2D eigenvalue weighted by atomic mass is 10.1. The molecule has 20 heavy (non-hydrogen) atoms. The van der Waals surface area contributed by atoms with Crippen molar-refractivity contribution in [2.24, 2.45) is 0 Å². The number of non-ortho nitro benzene ring substituents is 1. The second kappa shape index (κ2) is 7.22. The lowest BCUT2D eigenvalue weighted by Gasteiger charge is -2.13. The molecule has 1 unspecified atom stereocenters. The highest BCUT2D eigenvalue weighted by atomic mass is 16.6. The summed E-state index contributed by atoms with van der Waals surface area (Å²) >= 11 is 0. The van der Waals surface area contributed by atoms with E-state index in [0.717, 1.165) is 0 Å². The number of nitrogens with one attached hydrogen (secondary N) is 2. The highest BCUT2D eigenvalue weighted by Gasteiger charge is 2.15. The number of nitrogens with zero attached hydrogens (tertiary/aromatic N) is 1. The maximum atomic E-state index is 11.7. The van der Waals surface area contributed by atoms with E-state index in [2.05, 4.69) is 10.6 Å². The van der Waals surface area contributed by atoms with Crippen LogP contribution in [0.4, 0.5) is 5.69 Å². The maximum Gasteiger partial charge on any atom is 0.269 e. The largest absolute Gasteiger partial charge is 0.355 e. The average molecular weight is 279 g/mol. The van der Waals surface area contributed by atoms with Crippen LogP contribution in [0.25, 0.3) is 0 Å². The zero-order valence-electron chi connectivity index (χ0n) is 11.4. The van der Waals surface area contributed by atoms with Crippen LogP contribution in [0.15, 0.2) is 24.3 Å². The van der Waals surface area contributed by atoms with Gasteiger partial charge < -0.3 is 10.6 Å². The van der Waals surface area contributed by atoms with Gasteiger partial charge in [-0.15, -0.1) is 0 Å². The van der Waals surface area contributed by atoms with Gasteiger partial charge in [0.2, 0.25) is 11.8 Å². The van der Waals surface area contributed by atoms with Crippen molar-refractivity contribution in [3.05, 3.63) is 39.9 Å². The Bertz CT molecular complexity index is 499. The van der Waals surface area contributed by atoms with Gasteiger partial charge in [0.1, 0.15) is 6.04 Å².